The minimum atomic E-state index is -1.35. The third kappa shape index (κ3) is 3.24. The average molecular weight is 521 g/mol. The number of likely N-dealkylation sites (N-methyl/N-ethyl adjacent to an activating group) is 1. The molecule has 6 atom stereocenters. The standard InChI is InChI=1S/C27H32N6O5/c1-4-26-11-7-13-30(3)23(35)20(26)21-24(36)33(17(2)15-34)22-25(37)31(14-8-12-27(21,22)38-26)16-32-19-10-6-5-9-18(19)28-29-32/h5-12,17,20-22,34H,4,13-16H2,1-3H3/t17-,20+,21+,22?,26-,27+/m1/s1. The molecule has 1 spiro atoms. The molecule has 1 aromatic carbocycles. The predicted molar refractivity (Wildman–Crippen MR) is 136 cm³/mol. The number of fused-ring (bicyclic) bond motifs is 3. The summed E-state index contributed by atoms with van der Waals surface area (Å²) >= 11 is 0. The second-order valence-corrected chi connectivity index (χ2v) is 10.7. The largest absolute Gasteiger partial charge is 0.394 e. The van der Waals surface area contributed by atoms with Crippen LogP contribution in [0.1, 0.15) is 20.3 Å². The first-order valence-electron chi connectivity index (χ1n) is 13.1. The van der Waals surface area contributed by atoms with E-state index in [4.69, 9.17) is 4.74 Å². The van der Waals surface area contributed by atoms with Crippen LogP contribution in [0.25, 0.3) is 11.0 Å². The highest BCUT2D eigenvalue weighted by atomic mass is 16.5. The van der Waals surface area contributed by atoms with E-state index in [1.807, 2.05) is 55.5 Å². The van der Waals surface area contributed by atoms with Crippen LogP contribution in [0.5, 0.6) is 0 Å². The number of para-hydroxylation sites is 1. The lowest BCUT2D eigenvalue weighted by atomic mass is 9.73. The molecule has 0 bridgehead atoms. The number of rotatable bonds is 5. The first kappa shape index (κ1) is 24.7. The van der Waals surface area contributed by atoms with Crippen LogP contribution in [-0.4, -0.2) is 103 Å². The smallest absolute Gasteiger partial charge is 0.250 e. The Morgan fingerprint density at radius 1 is 1.08 bits per heavy atom. The molecule has 1 aromatic heterocycles. The Morgan fingerprint density at radius 2 is 1.84 bits per heavy atom. The van der Waals surface area contributed by atoms with Crippen LogP contribution in [-0.2, 0) is 25.8 Å². The monoisotopic (exact) mass is 520 g/mol. The summed E-state index contributed by atoms with van der Waals surface area (Å²) in [5.41, 5.74) is -0.869. The molecule has 2 saturated heterocycles. The summed E-state index contributed by atoms with van der Waals surface area (Å²) in [5.74, 6) is -2.53. The Labute approximate surface area is 220 Å². The van der Waals surface area contributed by atoms with Crippen molar-refractivity contribution in [3.63, 3.8) is 0 Å². The van der Waals surface area contributed by atoms with Gasteiger partial charge in [-0.2, -0.15) is 0 Å². The lowest BCUT2D eigenvalue weighted by molar-refractivity contribution is -0.157. The molecular weight excluding hydrogens is 488 g/mol. The molecule has 11 nitrogen and oxygen atoms in total. The van der Waals surface area contributed by atoms with Gasteiger partial charge in [0, 0.05) is 20.1 Å². The molecule has 2 fully saturated rings. The summed E-state index contributed by atoms with van der Waals surface area (Å²) in [6.07, 6.45) is 7.93. The molecule has 1 N–H and O–H groups in total. The molecule has 4 aliphatic heterocycles. The predicted octanol–water partition coefficient (Wildman–Crippen LogP) is 0.557. The second-order valence-electron chi connectivity index (χ2n) is 10.7. The van der Waals surface area contributed by atoms with E-state index in [9.17, 15) is 19.5 Å². The van der Waals surface area contributed by atoms with Gasteiger partial charge in [0.2, 0.25) is 11.8 Å². The lowest BCUT2D eigenvalue weighted by Crippen LogP contribution is -2.58. The number of nitrogens with zero attached hydrogens (tertiary/aromatic N) is 6. The van der Waals surface area contributed by atoms with E-state index >= 15 is 0 Å². The van der Waals surface area contributed by atoms with Crippen molar-refractivity contribution in [1.82, 2.24) is 29.7 Å². The van der Waals surface area contributed by atoms with Gasteiger partial charge in [0.05, 0.1) is 35.6 Å². The first-order chi connectivity index (χ1) is 18.3. The summed E-state index contributed by atoms with van der Waals surface area (Å²) in [7, 11) is 1.71. The summed E-state index contributed by atoms with van der Waals surface area (Å²) in [5, 5.41) is 18.5. The van der Waals surface area contributed by atoms with Crippen molar-refractivity contribution < 1.29 is 24.2 Å². The van der Waals surface area contributed by atoms with E-state index in [2.05, 4.69) is 10.3 Å². The van der Waals surface area contributed by atoms with Gasteiger partial charge in [0.25, 0.3) is 5.91 Å². The maximum atomic E-state index is 14.4. The maximum Gasteiger partial charge on any atom is 0.250 e. The molecule has 0 aliphatic carbocycles. The Bertz CT molecular complexity index is 1370. The van der Waals surface area contributed by atoms with E-state index in [0.29, 0.717) is 18.5 Å². The summed E-state index contributed by atoms with van der Waals surface area (Å²) in [6, 6.07) is 5.81. The van der Waals surface area contributed by atoms with Gasteiger partial charge in [-0.05, 0) is 25.5 Å². The highest BCUT2D eigenvalue weighted by molar-refractivity contribution is 6.00. The zero-order valence-corrected chi connectivity index (χ0v) is 21.7. The van der Waals surface area contributed by atoms with E-state index in [1.165, 1.54) is 4.90 Å². The maximum absolute atomic E-state index is 14.4. The Balaban J connectivity index is 1.46. The molecule has 11 heteroatoms. The molecule has 3 amide bonds. The van der Waals surface area contributed by atoms with Crippen molar-refractivity contribution in [3.8, 4) is 0 Å². The number of hydrogen-bond donors (Lipinski definition) is 1. The SMILES string of the molecule is CC[C@@]12C=CCN(C)C(=O)[C@@H]1[C@H]1C(=O)N([C@H](C)CO)C3C(=O)N(Cn4nnc5ccccc54)CC=C[C@@]31O2. The third-order valence-corrected chi connectivity index (χ3v) is 8.63. The molecule has 2 aromatic rings. The third-order valence-electron chi connectivity index (χ3n) is 8.63. The number of aromatic nitrogens is 3. The molecule has 1 unspecified atom stereocenters. The molecule has 200 valence electrons. The van der Waals surface area contributed by atoms with Crippen LogP contribution >= 0.6 is 0 Å². The van der Waals surface area contributed by atoms with E-state index < -0.39 is 35.1 Å². The highest BCUT2D eigenvalue weighted by Gasteiger charge is 2.75. The first-order valence-corrected chi connectivity index (χ1v) is 13.1. The topological polar surface area (TPSA) is 121 Å². The molecule has 0 radical (unpaired) electrons. The van der Waals surface area contributed by atoms with Crippen LogP contribution in [0.4, 0.5) is 0 Å². The summed E-state index contributed by atoms with van der Waals surface area (Å²) in [4.78, 5) is 46.9. The fourth-order valence-electron chi connectivity index (χ4n) is 6.74. The van der Waals surface area contributed by atoms with Crippen molar-refractivity contribution in [2.75, 3.05) is 26.7 Å². The van der Waals surface area contributed by atoms with Crippen LogP contribution in [0.15, 0.2) is 48.6 Å². The normalized spacial score (nSPS) is 33.4. The fourth-order valence-corrected chi connectivity index (χ4v) is 6.74. The van der Waals surface area contributed by atoms with Crippen molar-refractivity contribution in [1.29, 1.82) is 0 Å². The van der Waals surface area contributed by atoms with Crippen LogP contribution in [0.3, 0.4) is 0 Å². The molecular formula is C27H32N6O5. The number of aliphatic hydroxyl groups excluding tert-OH is 1. The number of amides is 3. The number of likely N-dealkylation sites (tertiary alicyclic amines) is 1. The lowest BCUT2D eigenvalue weighted by Gasteiger charge is -2.40. The number of ether oxygens (including phenoxy) is 1. The van der Waals surface area contributed by atoms with Crippen molar-refractivity contribution >= 4 is 28.8 Å². The Morgan fingerprint density at radius 3 is 2.61 bits per heavy atom. The van der Waals surface area contributed by atoms with Gasteiger partial charge in [0.1, 0.15) is 23.8 Å². The molecule has 4 aliphatic rings. The van der Waals surface area contributed by atoms with E-state index in [1.54, 1.807) is 28.5 Å². The van der Waals surface area contributed by atoms with Crippen LogP contribution in [0.2, 0.25) is 0 Å². The quantitative estimate of drug-likeness (QED) is 0.572. The highest BCUT2D eigenvalue weighted by Crippen LogP contribution is 2.58. The van der Waals surface area contributed by atoms with Gasteiger partial charge in [0.15, 0.2) is 0 Å². The minimum Gasteiger partial charge on any atom is -0.394 e. The fraction of sp³-hybridized carbons (Fsp3) is 0.519. The summed E-state index contributed by atoms with van der Waals surface area (Å²) < 4.78 is 8.52. The van der Waals surface area contributed by atoms with Gasteiger partial charge in [-0.1, -0.05) is 48.6 Å². The van der Waals surface area contributed by atoms with Crippen molar-refractivity contribution in [2.45, 2.75) is 50.2 Å². The van der Waals surface area contributed by atoms with Crippen LogP contribution in [0, 0.1) is 11.8 Å². The van der Waals surface area contributed by atoms with E-state index in [0.717, 1.165) is 5.52 Å². The van der Waals surface area contributed by atoms with E-state index in [-0.39, 0.29) is 37.5 Å². The van der Waals surface area contributed by atoms with Crippen LogP contribution < -0.4 is 0 Å². The molecule has 5 heterocycles. The van der Waals surface area contributed by atoms with Gasteiger partial charge >= 0.3 is 0 Å². The Hall–Kier alpha value is -3.57. The summed E-state index contributed by atoms with van der Waals surface area (Å²) in [6.45, 7) is 4.13. The number of hydrogen-bond acceptors (Lipinski definition) is 7. The van der Waals surface area contributed by atoms with Crippen molar-refractivity contribution in [3.05, 3.63) is 48.6 Å². The van der Waals surface area contributed by atoms with Gasteiger partial charge < -0.3 is 24.5 Å². The minimum absolute atomic E-state index is 0.125. The number of aliphatic hydroxyl groups is 1. The molecule has 0 saturated carbocycles. The second kappa shape index (κ2) is 8.74. The van der Waals surface area contributed by atoms with Crippen molar-refractivity contribution in [2.24, 2.45) is 11.8 Å². The van der Waals surface area contributed by atoms with Gasteiger partial charge in [-0.15, -0.1) is 5.10 Å². The zero-order chi connectivity index (χ0) is 26.8. The number of carbonyl (C=O) groups excluding carboxylic acids is 3. The average Bonchev–Trinajstić information content (AvgIpc) is 3.47. The van der Waals surface area contributed by atoms with Gasteiger partial charge in [-0.3, -0.25) is 14.4 Å². The number of benzene rings is 1. The molecule has 6 rings (SSSR count). The Kier molecular flexibility index (Phi) is 5.69. The molecule has 38 heavy (non-hydrogen) atoms. The van der Waals surface area contributed by atoms with Gasteiger partial charge in [-0.25, -0.2) is 4.68 Å². The zero-order valence-electron chi connectivity index (χ0n) is 21.7. The number of carbonyl (C=O) groups is 3.